The highest BCUT2D eigenvalue weighted by Gasteiger charge is 2.34. The van der Waals surface area contributed by atoms with Gasteiger partial charge in [-0.1, -0.05) is 18.2 Å². The van der Waals surface area contributed by atoms with E-state index in [-0.39, 0.29) is 42.1 Å². The van der Waals surface area contributed by atoms with Crippen LogP contribution in [0.3, 0.4) is 0 Å². The molecule has 1 atom stereocenters. The minimum absolute atomic E-state index is 0.00333. The van der Waals surface area contributed by atoms with E-state index >= 15 is 0 Å². The Kier molecular flexibility index (Phi) is 4.90. The van der Waals surface area contributed by atoms with Crippen molar-refractivity contribution in [2.75, 3.05) is 18.8 Å². The summed E-state index contributed by atoms with van der Waals surface area (Å²) in [5, 5.41) is 2.92. The smallest absolute Gasteiger partial charge is 0.274 e. The van der Waals surface area contributed by atoms with Crippen molar-refractivity contribution in [3.63, 3.8) is 0 Å². The van der Waals surface area contributed by atoms with E-state index in [1.807, 2.05) is 0 Å². The van der Waals surface area contributed by atoms with Gasteiger partial charge < -0.3 is 4.90 Å². The number of aryl methyl sites for hydroxylation is 1. The Morgan fingerprint density at radius 2 is 1.92 bits per heavy atom. The first-order valence-electron chi connectivity index (χ1n) is 8.09. The minimum atomic E-state index is -3.61. The summed E-state index contributed by atoms with van der Waals surface area (Å²) in [6, 6.07) is 8.34. The van der Waals surface area contributed by atoms with Crippen LogP contribution in [0.2, 0.25) is 0 Å². The second-order valence-corrected chi connectivity index (χ2v) is 8.44. The van der Waals surface area contributed by atoms with Crippen LogP contribution in [0.5, 0.6) is 0 Å². The maximum atomic E-state index is 14.1. The van der Waals surface area contributed by atoms with E-state index in [0.717, 1.165) is 4.68 Å². The van der Waals surface area contributed by atoms with Gasteiger partial charge in [0.15, 0.2) is 9.84 Å². The highest BCUT2D eigenvalue weighted by Crippen LogP contribution is 2.31. The number of carbonyl (C=O) groups excluding carboxylic acids is 1. The Hall–Kier alpha value is -2.55. The second kappa shape index (κ2) is 6.99. The van der Waals surface area contributed by atoms with Gasteiger partial charge in [-0.05, 0) is 18.6 Å². The zero-order valence-corrected chi connectivity index (χ0v) is 14.9. The van der Waals surface area contributed by atoms with Crippen molar-refractivity contribution in [3.8, 4) is 0 Å². The van der Waals surface area contributed by atoms with E-state index in [4.69, 9.17) is 0 Å². The summed E-state index contributed by atoms with van der Waals surface area (Å²) in [4.78, 5) is 25.4. The van der Waals surface area contributed by atoms with Crippen LogP contribution in [0.25, 0.3) is 0 Å². The van der Waals surface area contributed by atoms with E-state index in [2.05, 4.69) is 5.10 Å². The van der Waals surface area contributed by atoms with E-state index in [0.29, 0.717) is 0 Å². The number of nitrogens with zero attached hydrogens (tertiary/aromatic N) is 3. The number of amides is 1. The van der Waals surface area contributed by atoms with Gasteiger partial charge in [0, 0.05) is 31.8 Å². The molecule has 1 aliphatic heterocycles. The van der Waals surface area contributed by atoms with Crippen LogP contribution in [0.4, 0.5) is 4.39 Å². The number of hydrogen-bond acceptors (Lipinski definition) is 5. The van der Waals surface area contributed by atoms with Crippen LogP contribution in [-0.4, -0.2) is 47.8 Å². The molecule has 26 heavy (non-hydrogen) atoms. The fourth-order valence-electron chi connectivity index (χ4n) is 3.01. The van der Waals surface area contributed by atoms with Gasteiger partial charge in [0.2, 0.25) is 0 Å². The van der Waals surface area contributed by atoms with Gasteiger partial charge in [0.1, 0.15) is 11.5 Å². The normalized spacial score (nSPS) is 19.8. The maximum Gasteiger partial charge on any atom is 0.274 e. The monoisotopic (exact) mass is 379 g/mol. The molecule has 1 unspecified atom stereocenters. The minimum Gasteiger partial charge on any atom is -0.336 e. The average molecular weight is 379 g/mol. The van der Waals surface area contributed by atoms with Crippen molar-refractivity contribution in [1.82, 2.24) is 14.7 Å². The Balaban J connectivity index is 1.86. The fraction of sp³-hybridized carbons (Fsp3) is 0.353. The third-order valence-corrected chi connectivity index (χ3v) is 6.57. The third kappa shape index (κ3) is 3.52. The molecule has 0 N–H and O–H groups in total. The molecule has 1 amide bonds. The Morgan fingerprint density at radius 3 is 2.62 bits per heavy atom. The van der Waals surface area contributed by atoms with Crippen molar-refractivity contribution in [3.05, 3.63) is 63.8 Å². The van der Waals surface area contributed by atoms with Crippen LogP contribution in [-0.2, 0) is 16.9 Å². The quantitative estimate of drug-likeness (QED) is 0.774. The fourth-order valence-corrected chi connectivity index (χ4v) is 4.81. The third-order valence-electron chi connectivity index (χ3n) is 4.46. The van der Waals surface area contributed by atoms with Crippen molar-refractivity contribution >= 4 is 15.7 Å². The molecule has 0 aliphatic carbocycles. The van der Waals surface area contributed by atoms with Gasteiger partial charge in [-0.2, -0.15) is 5.10 Å². The average Bonchev–Trinajstić information content (AvgIpc) is 2.75. The summed E-state index contributed by atoms with van der Waals surface area (Å²) in [5.74, 6) is -1.28. The van der Waals surface area contributed by atoms with Gasteiger partial charge in [0.05, 0.1) is 11.0 Å². The van der Waals surface area contributed by atoms with Crippen molar-refractivity contribution in [2.24, 2.45) is 7.05 Å². The molecule has 9 heteroatoms. The van der Waals surface area contributed by atoms with Gasteiger partial charge in [-0.3, -0.25) is 9.59 Å². The summed E-state index contributed by atoms with van der Waals surface area (Å²) >= 11 is 0. The summed E-state index contributed by atoms with van der Waals surface area (Å²) in [6.07, 6.45) is 0.0980. The molecule has 2 heterocycles. The van der Waals surface area contributed by atoms with Gasteiger partial charge in [-0.25, -0.2) is 17.5 Å². The second-order valence-electron chi connectivity index (χ2n) is 6.14. The van der Waals surface area contributed by atoms with E-state index in [1.54, 1.807) is 6.07 Å². The van der Waals surface area contributed by atoms with E-state index < -0.39 is 26.8 Å². The highest BCUT2D eigenvalue weighted by molar-refractivity contribution is 7.91. The first kappa shape index (κ1) is 18.2. The zero-order chi connectivity index (χ0) is 18.9. The molecule has 0 spiro atoms. The van der Waals surface area contributed by atoms with Crippen LogP contribution < -0.4 is 5.56 Å². The predicted octanol–water partition coefficient (Wildman–Crippen LogP) is 0.921. The van der Waals surface area contributed by atoms with Crippen molar-refractivity contribution in [1.29, 1.82) is 0 Å². The molecule has 1 aliphatic rings. The van der Waals surface area contributed by atoms with Crippen LogP contribution in [0.15, 0.2) is 41.2 Å². The lowest BCUT2D eigenvalue weighted by Gasteiger charge is -2.19. The number of aromatic nitrogens is 2. The largest absolute Gasteiger partial charge is 0.336 e. The molecular weight excluding hydrogens is 361 g/mol. The lowest BCUT2D eigenvalue weighted by molar-refractivity contribution is 0.0758. The molecule has 1 aromatic heterocycles. The number of hydrogen-bond donors (Lipinski definition) is 0. The summed E-state index contributed by atoms with van der Waals surface area (Å²) < 4.78 is 40.3. The molecule has 138 valence electrons. The molecule has 1 saturated heterocycles. The predicted molar refractivity (Wildman–Crippen MR) is 92.9 cm³/mol. The molecule has 3 rings (SSSR count). The number of rotatable bonds is 2. The molecule has 0 bridgehead atoms. The number of halogens is 1. The van der Waals surface area contributed by atoms with Gasteiger partial charge in [-0.15, -0.1) is 0 Å². The number of sulfone groups is 1. The van der Waals surface area contributed by atoms with Crippen LogP contribution >= 0.6 is 0 Å². The number of benzene rings is 1. The molecular formula is C17H18FN3O4S. The van der Waals surface area contributed by atoms with Crippen LogP contribution in [0.1, 0.15) is 27.7 Å². The molecule has 0 saturated carbocycles. The Labute approximate surface area is 150 Å². The summed E-state index contributed by atoms with van der Waals surface area (Å²) in [6.45, 7) is 0.151. The van der Waals surface area contributed by atoms with Crippen molar-refractivity contribution in [2.45, 2.75) is 11.7 Å². The standard InChI is InChI=1S/C17H18FN3O4S/c1-20-16(22)7-6-14(19-20)17(23)21-9-8-15(26(24,25)11-10-21)12-4-2-3-5-13(12)18/h2-7,15H,8-11H2,1H3. The Bertz CT molecular complexity index is 1000. The van der Waals surface area contributed by atoms with E-state index in [9.17, 15) is 22.4 Å². The first-order valence-corrected chi connectivity index (χ1v) is 9.81. The van der Waals surface area contributed by atoms with Gasteiger partial charge >= 0.3 is 0 Å². The maximum absolute atomic E-state index is 14.1. The molecule has 1 aromatic carbocycles. The topological polar surface area (TPSA) is 89.3 Å². The number of carbonyl (C=O) groups is 1. The summed E-state index contributed by atoms with van der Waals surface area (Å²) in [5.41, 5.74) is -0.157. The molecule has 2 aromatic rings. The van der Waals surface area contributed by atoms with E-state index in [1.165, 1.54) is 42.3 Å². The zero-order valence-electron chi connectivity index (χ0n) is 14.1. The molecule has 0 radical (unpaired) electrons. The Morgan fingerprint density at radius 1 is 1.19 bits per heavy atom. The molecule has 7 nitrogen and oxygen atoms in total. The van der Waals surface area contributed by atoms with Crippen LogP contribution in [0, 0.1) is 5.82 Å². The SMILES string of the molecule is Cn1nc(C(=O)N2CCC(c3ccccc3F)S(=O)(=O)CC2)ccc1=O. The lowest BCUT2D eigenvalue weighted by atomic mass is 10.1. The highest BCUT2D eigenvalue weighted by atomic mass is 32.2. The van der Waals surface area contributed by atoms with Crippen molar-refractivity contribution < 1.29 is 17.6 Å². The summed E-state index contributed by atoms with van der Waals surface area (Å²) in [7, 11) is -2.18. The first-order chi connectivity index (χ1) is 12.3. The van der Waals surface area contributed by atoms with Gasteiger partial charge in [0.25, 0.3) is 11.5 Å². The molecule has 1 fully saturated rings. The lowest BCUT2D eigenvalue weighted by Crippen LogP contribution is -2.35.